The van der Waals surface area contributed by atoms with E-state index < -0.39 is 0 Å². The Morgan fingerprint density at radius 2 is 2.33 bits per heavy atom. The van der Waals surface area contributed by atoms with E-state index in [0.29, 0.717) is 6.04 Å². The van der Waals surface area contributed by atoms with Gasteiger partial charge < -0.3 is 5.32 Å². The smallest absolute Gasteiger partial charge is 0.0104 e. The fourth-order valence-corrected chi connectivity index (χ4v) is 1.85. The van der Waals surface area contributed by atoms with Crippen molar-refractivity contribution in [1.29, 1.82) is 0 Å². The molecule has 0 spiro atoms. The highest BCUT2D eigenvalue weighted by Crippen LogP contribution is 2.31. The maximum atomic E-state index is 5.25. The lowest BCUT2D eigenvalue weighted by Gasteiger charge is -2.34. The van der Waals surface area contributed by atoms with Crippen LogP contribution in [0.2, 0.25) is 0 Å². The van der Waals surface area contributed by atoms with E-state index in [1.807, 2.05) is 0 Å². The van der Waals surface area contributed by atoms with Gasteiger partial charge in [0.05, 0.1) is 0 Å². The molecule has 12 heavy (non-hydrogen) atoms. The van der Waals surface area contributed by atoms with Gasteiger partial charge in [-0.25, -0.2) is 0 Å². The van der Waals surface area contributed by atoms with E-state index in [1.54, 1.807) is 0 Å². The van der Waals surface area contributed by atoms with Crippen molar-refractivity contribution in [1.82, 2.24) is 5.32 Å². The predicted molar refractivity (Wildman–Crippen MR) is 52.9 cm³/mol. The van der Waals surface area contributed by atoms with Crippen molar-refractivity contribution in [3.63, 3.8) is 0 Å². The van der Waals surface area contributed by atoms with E-state index in [2.05, 4.69) is 18.2 Å². The Bertz CT molecular complexity index is 153. The monoisotopic (exact) mass is 165 g/mol. The molecule has 1 aliphatic rings. The summed E-state index contributed by atoms with van der Waals surface area (Å²) in [5.41, 5.74) is 0. The Morgan fingerprint density at radius 3 is 2.75 bits per heavy atom. The molecule has 1 unspecified atom stereocenters. The van der Waals surface area contributed by atoms with Gasteiger partial charge >= 0.3 is 0 Å². The summed E-state index contributed by atoms with van der Waals surface area (Å²) >= 11 is 0. The summed E-state index contributed by atoms with van der Waals surface area (Å²) in [6, 6.07) is 0.694. The predicted octanol–water partition coefficient (Wildman–Crippen LogP) is 2.18. The summed E-state index contributed by atoms with van der Waals surface area (Å²) in [6.45, 7) is 3.24. The van der Waals surface area contributed by atoms with Crippen LogP contribution >= 0.6 is 0 Å². The minimum atomic E-state index is 0.694. The number of hydrogen-bond acceptors (Lipinski definition) is 1. The Morgan fingerprint density at radius 1 is 1.58 bits per heavy atom. The highest BCUT2D eigenvalue weighted by Gasteiger charge is 2.25. The SMILES string of the molecule is C#CCCC(NCC)C1CCC1. The van der Waals surface area contributed by atoms with E-state index in [1.165, 1.54) is 19.3 Å². The van der Waals surface area contributed by atoms with Gasteiger partial charge in [-0.3, -0.25) is 0 Å². The summed E-state index contributed by atoms with van der Waals surface area (Å²) in [6.07, 6.45) is 11.6. The molecule has 0 saturated heterocycles. The Hall–Kier alpha value is -0.480. The Kier molecular flexibility index (Phi) is 4.18. The molecular weight excluding hydrogens is 146 g/mol. The maximum absolute atomic E-state index is 5.25. The van der Waals surface area contributed by atoms with E-state index >= 15 is 0 Å². The minimum Gasteiger partial charge on any atom is -0.314 e. The first-order chi connectivity index (χ1) is 5.88. The molecule has 1 aliphatic carbocycles. The first kappa shape index (κ1) is 9.61. The topological polar surface area (TPSA) is 12.0 Å². The average Bonchev–Trinajstić information content (AvgIpc) is 1.97. The first-order valence-electron chi connectivity index (χ1n) is 5.05. The number of nitrogens with one attached hydrogen (secondary N) is 1. The van der Waals surface area contributed by atoms with Crippen molar-refractivity contribution in [3.05, 3.63) is 0 Å². The second-order valence-corrected chi connectivity index (χ2v) is 3.60. The Labute approximate surface area is 75.9 Å². The van der Waals surface area contributed by atoms with Crippen LogP contribution in [0.5, 0.6) is 0 Å². The molecule has 0 radical (unpaired) electrons. The van der Waals surface area contributed by atoms with E-state index in [4.69, 9.17) is 6.42 Å². The summed E-state index contributed by atoms with van der Waals surface area (Å²) < 4.78 is 0. The average molecular weight is 165 g/mol. The summed E-state index contributed by atoms with van der Waals surface area (Å²) in [7, 11) is 0. The Balaban J connectivity index is 2.22. The molecule has 0 aromatic heterocycles. The van der Waals surface area contributed by atoms with Gasteiger partial charge in [0.1, 0.15) is 0 Å². The quantitative estimate of drug-likeness (QED) is 0.616. The largest absolute Gasteiger partial charge is 0.314 e. The zero-order valence-electron chi connectivity index (χ0n) is 7.97. The molecule has 1 rings (SSSR count). The highest BCUT2D eigenvalue weighted by molar-refractivity contribution is 4.89. The van der Waals surface area contributed by atoms with E-state index in [9.17, 15) is 0 Å². The second kappa shape index (κ2) is 5.22. The zero-order chi connectivity index (χ0) is 8.81. The molecular formula is C11H19N. The molecule has 68 valence electrons. The van der Waals surface area contributed by atoms with Crippen molar-refractivity contribution < 1.29 is 0 Å². The molecule has 0 bridgehead atoms. The molecule has 0 amide bonds. The molecule has 0 aromatic rings. The van der Waals surface area contributed by atoms with Gasteiger partial charge in [-0.1, -0.05) is 13.3 Å². The second-order valence-electron chi connectivity index (χ2n) is 3.60. The lowest BCUT2D eigenvalue weighted by atomic mass is 9.78. The van der Waals surface area contributed by atoms with Gasteiger partial charge in [0.15, 0.2) is 0 Å². The van der Waals surface area contributed by atoms with Gasteiger partial charge in [0, 0.05) is 12.5 Å². The lowest BCUT2D eigenvalue weighted by Crippen LogP contribution is -2.39. The maximum Gasteiger partial charge on any atom is 0.0104 e. The molecule has 1 nitrogen and oxygen atoms in total. The van der Waals surface area contributed by atoms with Gasteiger partial charge in [-0.05, 0) is 31.7 Å². The number of terminal acetylenes is 1. The third kappa shape index (κ3) is 2.53. The molecule has 0 aliphatic heterocycles. The normalized spacial score (nSPS) is 19.7. The highest BCUT2D eigenvalue weighted by atomic mass is 14.9. The van der Waals surface area contributed by atoms with Crippen molar-refractivity contribution in [2.24, 2.45) is 5.92 Å². The summed E-state index contributed by atoms with van der Waals surface area (Å²) in [5, 5.41) is 3.52. The fourth-order valence-electron chi connectivity index (χ4n) is 1.85. The zero-order valence-corrected chi connectivity index (χ0v) is 7.97. The minimum absolute atomic E-state index is 0.694. The molecule has 1 saturated carbocycles. The number of hydrogen-bond donors (Lipinski definition) is 1. The van der Waals surface area contributed by atoms with E-state index in [-0.39, 0.29) is 0 Å². The fraction of sp³-hybridized carbons (Fsp3) is 0.818. The van der Waals surface area contributed by atoms with Crippen molar-refractivity contribution in [2.75, 3.05) is 6.54 Å². The van der Waals surface area contributed by atoms with Gasteiger partial charge in [0.25, 0.3) is 0 Å². The van der Waals surface area contributed by atoms with Crippen LogP contribution < -0.4 is 5.32 Å². The number of rotatable bonds is 5. The van der Waals surface area contributed by atoms with Crippen LogP contribution in [0.4, 0.5) is 0 Å². The van der Waals surface area contributed by atoms with Crippen molar-refractivity contribution in [2.45, 2.75) is 45.1 Å². The van der Waals surface area contributed by atoms with Crippen LogP contribution in [0.1, 0.15) is 39.0 Å². The van der Waals surface area contributed by atoms with E-state index in [0.717, 1.165) is 25.3 Å². The summed E-state index contributed by atoms with van der Waals surface area (Å²) in [5.74, 6) is 3.63. The van der Waals surface area contributed by atoms with Crippen LogP contribution in [0.15, 0.2) is 0 Å². The van der Waals surface area contributed by atoms with Gasteiger partial charge in [-0.15, -0.1) is 12.3 Å². The molecule has 1 N–H and O–H groups in total. The van der Waals surface area contributed by atoms with Gasteiger partial charge in [-0.2, -0.15) is 0 Å². The third-order valence-electron chi connectivity index (χ3n) is 2.78. The molecule has 1 heteroatoms. The summed E-state index contributed by atoms with van der Waals surface area (Å²) in [4.78, 5) is 0. The van der Waals surface area contributed by atoms with Crippen LogP contribution in [-0.2, 0) is 0 Å². The van der Waals surface area contributed by atoms with Crippen LogP contribution in [-0.4, -0.2) is 12.6 Å². The molecule has 1 fully saturated rings. The third-order valence-corrected chi connectivity index (χ3v) is 2.78. The lowest BCUT2D eigenvalue weighted by molar-refractivity contribution is 0.223. The van der Waals surface area contributed by atoms with Crippen LogP contribution in [0, 0.1) is 18.3 Å². The van der Waals surface area contributed by atoms with Crippen molar-refractivity contribution in [3.8, 4) is 12.3 Å². The van der Waals surface area contributed by atoms with Crippen molar-refractivity contribution >= 4 is 0 Å². The standard InChI is InChI=1S/C11H19N/c1-3-5-9-11(12-4-2)10-7-6-8-10/h1,10-12H,4-9H2,2H3. The van der Waals surface area contributed by atoms with Gasteiger partial charge in [0.2, 0.25) is 0 Å². The molecule has 1 atom stereocenters. The first-order valence-corrected chi connectivity index (χ1v) is 5.05. The van der Waals surface area contributed by atoms with Crippen LogP contribution in [0.3, 0.4) is 0 Å². The molecule has 0 heterocycles. The van der Waals surface area contributed by atoms with Crippen LogP contribution in [0.25, 0.3) is 0 Å². The molecule has 0 aromatic carbocycles.